The van der Waals surface area contributed by atoms with Crippen LogP contribution in [0, 0.1) is 0 Å². The van der Waals surface area contributed by atoms with Gasteiger partial charge in [-0.15, -0.1) is 0 Å². The van der Waals surface area contributed by atoms with Gasteiger partial charge in [-0.1, -0.05) is 36.4 Å². The van der Waals surface area contributed by atoms with Crippen LogP contribution in [0.1, 0.15) is 18.1 Å². The van der Waals surface area contributed by atoms with E-state index in [9.17, 15) is 13.2 Å². The van der Waals surface area contributed by atoms with Gasteiger partial charge in [-0.25, -0.2) is 0 Å². The third-order valence-electron chi connectivity index (χ3n) is 2.86. The molecule has 106 valence electrons. The van der Waals surface area contributed by atoms with E-state index in [-0.39, 0.29) is 11.9 Å². The van der Waals surface area contributed by atoms with E-state index in [1.165, 1.54) is 12.1 Å². The smallest absolute Gasteiger partial charge is 0.416 e. The normalized spacial score (nSPS) is 13.0. The standard InChI is InChI=1S/C16H15F3O/c1-12(10-13-6-3-2-4-7-13)20-15-9-5-8-14(11-15)16(17,18)19/h2-9,11-12H,10H2,1H3. The maximum absolute atomic E-state index is 12.6. The minimum absolute atomic E-state index is 0.194. The first kappa shape index (κ1) is 14.4. The molecule has 0 heterocycles. The summed E-state index contributed by atoms with van der Waals surface area (Å²) in [4.78, 5) is 0. The lowest BCUT2D eigenvalue weighted by Gasteiger charge is -2.16. The van der Waals surface area contributed by atoms with E-state index in [1.807, 2.05) is 37.3 Å². The fourth-order valence-electron chi connectivity index (χ4n) is 1.97. The lowest BCUT2D eigenvalue weighted by Crippen LogP contribution is -2.15. The molecule has 1 unspecified atom stereocenters. The van der Waals surface area contributed by atoms with Crippen molar-refractivity contribution in [1.82, 2.24) is 0 Å². The first-order valence-corrected chi connectivity index (χ1v) is 6.33. The molecule has 0 aliphatic rings. The molecule has 0 aliphatic heterocycles. The predicted molar refractivity (Wildman–Crippen MR) is 71.7 cm³/mol. The molecule has 0 N–H and O–H groups in total. The van der Waals surface area contributed by atoms with Crippen LogP contribution >= 0.6 is 0 Å². The summed E-state index contributed by atoms with van der Waals surface area (Å²) in [6, 6.07) is 14.7. The van der Waals surface area contributed by atoms with E-state index in [0.717, 1.165) is 17.7 Å². The van der Waals surface area contributed by atoms with Crippen molar-refractivity contribution in [2.24, 2.45) is 0 Å². The Morgan fingerprint density at radius 3 is 2.35 bits per heavy atom. The highest BCUT2D eigenvalue weighted by molar-refractivity contribution is 5.30. The Kier molecular flexibility index (Phi) is 4.32. The zero-order valence-electron chi connectivity index (χ0n) is 11.0. The number of alkyl halides is 3. The zero-order chi connectivity index (χ0) is 14.6. The molecule has 0 saturated carbocycles. The summed E-state index contributed by atoms with van der Waals surface area (Å²) in [5, 5.41) is 0. The molecule has 0 spiro atoms. The van der Waals surface area contributed by atoms with Crippen LogP contribution in [-0.2, 0) is 12.6 Å². The van der Waals surface area contributed by atoms with Crippen molar-refractivity contribution in [3.63, 3.8) is 0 Å². The number of halogens is 3. The molecule has 0 saturated heterocycles. The van der Waals surface area contributed by atoms with E-state index < -0.39 is 11.7 Å². The van der Waals surface area contributed by atoms with E-state index in [0.29, 0.717) is 6.42 Å². The van der Waals surface area contributed by atoms with Gasteiger partial charge in [0.2, 0.25) is 0 Å². The molecular weight excluding hydrogens is 265 g/mol. The number of hydrogen-bond donors (Lipinski definition) is 0. The number of ether oxygens (including phenoxy) is 1. The molecule has 0 radical (unpaired) electrons. The van der Waals surface area contributed by atoms with Gasteiger partial charge in [0.05, 0.1) is 11.7 Å². The Hall–Kier alpha value is -1.97. The average molecular weight is 280 g/mol. The van der Waals surface area contributed by atoms with Gasteiger partial charge in [0.15, 0.2) is 0 Å². The highest BCUT2D eigenvalue weighted by Gasteiger charge is 2.30. The average Bonchev–Trinajstić information content (AvgIpc) is 2.39. The molecule has 4 heteroatoms. The molecule has 0 amide bonds. The molecular formula is C16H15F3O. The lowest BCUT2D eigenvalue weighted by atomic mass is 10.1. The second kappa shape index (κ2) is 5.99. The maximum atomic E-state index is 12.6. The van der Waals surface area contributed by atoms with Gasteiger partial charge in [-0.2, -0.15) is 13.2 Å². The Balaban J connectivity index is 2.03. The summed E-state index contributed by atoms with van der Waals surface area (Å²) in [5.74, 6) is 0.239. The molecule has 2 aromatic rings. The van der Waals surface area contributed by atoms with Crippen LogP contribution in [0.3, 0.4) is 0 Å². The van der Waals surface area contributed by atoms with Crippen LogP contribution in [0.5, 0.6) is 5.75 Å². The van der Waals surface area contributed by atoms with E-state index in [1.54, 1.807) is 0 Å². The molecule has 1 atom stereocenters. The second-order valence-electron chi connectivity index (χ2n) is 4.64. The molecule has 0 aromatic heterocycles. The summed E-state index contributed by atoms with van der Waals surface area (Å²) >= 11 is 0. The predicted octanol–water partition coefficient (Wildman–Crippen LogP) is 4.72. The minimum Gasteiger partial charge on any atom is -0.490 e. The van der Waals surface area contributed by atoms with Crippen LogP contribution in [-0.4, -0.2) is 6.10 Å². The van der Waals surface area contributed by atoms with Crippen molar-refractivity contribution in [3.05, 3.63) is 65.7 Å². The Labute approximate surface area is 116 Å². The Morgan fingerprint density at radius 1 is 1.00 bits per heavy atom. The van der Waals surface area contributed by atoms with Crippen molar-refractivity contribution >= 4 is 0 Å². The van der Waals surface area contributed by atoms with Gasteiger partial charge < -0.3 is 4.74 Å². The third kappa shape index (κ3) is 4.02. The van der Waals surface area contributed by atoms with Gasteiger partial charge in [0.25, 0.3) is 0 Å². The monoisotopic (exact) mass is 280 g/mol. The first-order valence-electron chi connectivity index (χ1n) is 6.33. The highest BCUT2D eigenvalue weighted by atomic mass is 19.4. The lowest BCUT2D eigenvalue weighted by molar-refractivity contribution is -0.137. The summed E-state index contributed by atoms with van der Waals surface area (Å²) in [5.41, 5.74) is 0.397. The van der Waals surface area contributed by atoms with Crippen LogP contribution < -0.4 is 4.74 Å². The van der Waals surface area contributed by atoms with Crippen LogP contribution in [0.2, 0.25) is 0 Å². The fourth-order valence-corrected chi connectivity index (χ4v) is 1.97. The van der Waals surface area contributed by atoms with Gasteiger partial charge in [-0.3, -0.25) is 0 Å². The van der Waals surface area contributed by atoms with Crippen LogP contribution in [0.4, 0.5) is 13.2 Å². The number of hydrogen-bond acceptors (Lipinski definition) is 1. The minimum atomic E-state index is -4.35. The quantitative estimate of drug-likeness (QED) is 0.787. The molecule has 0 bridgehead atoms. The van der Waals surface area contributed by atoms with E-state index >= 15 is 0 Å². The zero-order valence-corrected chi connectivity index (χ0v) is 11.0. The molecule has 0 aliphatic carbocycles. The van der Waals surface area contributed by atoms with Gasteiger partial charge in [-0.05, 0) is 30.7 Å². The summed E-state index contributed by atoms with van der Waals surface area (Å²) in [6.45, 7) is 1.84. The number of benzene rings is 2. The van der Waals surface area contributed by atoms with Crippen molar-refractivity contribution in [2.75, 3.05) is 0 Å². The SMILES string of the molecule is CC(Cc1ccccc1)Oc1cccc(C(F)(F)F)c1. The van der Waals surface area contributed by atoms with Crippen molar-refractivity contribution < 1.29 is 17.9 Å². The van der Waals surface area contributed by atoms with Gasteiger partial charge >= 0.3 is 6.18 Å². The molecule has 2 aromatic carbocycles. The fraction of sp³-hybridized carbons (Fsp3) is 0.250. The molecule has 2 rings (SSSR count). The third-order valence-corrected chi connectivity index (χ3v) is 2.86. The first-order chi connectivity index (χ1) is 9.45. The molecule has 1 nitrogen and oxygen atoms in total. The highest BCUT2D eigenvalue weighted by Crippen LogP contribution is 2.31. The van der Waals surface area contributed by atoms with Crippen LogP contribution in [0.15, 0.2) is 54.6 Å². The summed E-state index contributed by atoms with van der Waals surface area (Å²) < 4.78 is 43.3. The topological polar surface area (TPSA) is 9.23 Å². The van der Waals surface area contributed by atoms with Crippen LogP contribution in [0.25, 0.3) is 0 Å². The number of rotatable bonds is 4. The Morgan fingerprint density at radius 2 is 1.70 bits per heavy atom. The van der Waals surface area contributed by atoms with E-state index in [4.69, 9.17) is 4.74 Å². The van der Waals surface area contributed by atoms with Crippen molar-refractivity contribution in [2.45, 2.75) is 25.6 Å². The molecule has 20 heavy (non-hydrogen) atoms. The largest absolute Gasteiger partial charge is 0.490 e. The van der Waals surface area contributed by atoms with Crippen molar-refractivity contribution in [1.29, 1.82) is 0 Å². The van der Waals surface area contributed by atoms with Gasteiger partial charge in [0, 0.05) is 6.42 Å². The second-order valence-corrected chi connectivity index (χ2v) is 4.64. The Bertz CT molecular complexity index is 549. The summed E-state index contributed by atoms with van der Waals surface area (Å²) in [7, 11) is 0. The van der Waals surface area contributed by atoms with Gasteiger partial charge in [0.1, 0.15) is 5.75 Å². The summed E-state index contributed by atoms with van der Waals surface area (Å²) in [6.07, 6.45) is -3.89. The maximum Gasteiger partial charge on any atom is 0.416 e. The van der Waals surface area contributed by atoms with Crippen molar-refractivity contribution in [3.8, 4) is 5.75 Å². The molecule has 0 fully saturated rings. The van der Waals surface area contributed by atoms with E-state index in [2.05, 4.69) is 0 Å².